The second-order valence-corrected chi connectivity index (χ2v) is 1.83. The summed E-state index contributed by atoms with van der Waals surface area (Å²) in [5.41, 5.74) is 1.08. The maximum Gasteiger partial charge on any atom is 0.0667 e. The first-order chi connectivity index (χ1) is 4.47. The van der Waals surface area contributed by atoms with Gasteiger partial charge in [0.25, 0.3) is 0 Å². The lowest BCUT2D eigenvalue weighted by atomic mass is 10.4. The van der Waals surface area contributed by atoms with E-state index in [1.165, 1.54) is 0 Å². The minimum Gasteiger partial charge on any atom is -0.241 e. The van der Waals surface area contributed by atoms with Crippen LogP contribution in [0.3, 0.4) is 0 Å². The first-order valence-corrected chi connectivity index (χ1v) is 2.76. The normalized spacial score (nSPS) is 10.2. The quantitative estimate of drug-likeness (QED) is 0.505. The molecule has 1 radical (unpaired) electrons. The molecule has 2 aromatic heterocycles. The zero-order chi connectivity index (χ0) is 6.10. The lowest BCUT2D eigenvalue weighted by molar-refractivity contribution is 0.961. The molecule has 0 unspecified atom stereocenters. The van der Waals surface area contributed by atoms with Gasteiger partial charge >= 0.3 is 0 Å². The maximum absolute atomic E-state index is 4.02. The lowest BCUT2D eigenvalue weighted by Crippen LogP contribution is -1.81. The van der Waals surface area contributed by atoms with Crippen molar-refractivity contribution >= 4 is 5.52 Å². The predicted molar refractivity (Wildman–Crippen MR) is 34.0 cm³/mol. The van der Waals surface area contributed by atoms with Gasteiger partial charge in [0.2, 0.25) is 0 Å². The van der Waals surface area contributed by atoms with Gasteiger partial charge in [-0.25, -0.2) is 4.52 Å². The molecule has 0 saturated carbocycles. The highest BCUT2D eigenvalue weighted by molar-refractivity contribution is 5.43. The van der Waals surface area contributed by atoms with Crippen LogP contribution in [0.5, 0.6) is 0 Å². The average Bonchev–Trinajstić information content (AvgIpc) is 2.33. The van der Waals surface area contributed by atoms with Crippen molar-refractivity contribution in [1.82, 2.24) is 9.61 Å². The molecule has 2 heteroatoms. The third-order valence-electron chi connectivity index (χ3n) is 1.24. The molecular weight excluding hydrogens is 112 g/mol. The third-order valence-corrected chi connectivity index (χ3v) is 1.24. The SMILES string of the molecule is [c]1ccn2nccc2c1. The summed E-state index contributed by atoms with van der Waals surface area (Å²) in [5.74, 6) is 0. The molecule has 0 aliphatic heterocycles. The topological polar surface area (TPSA) is 17.3 Å². The molecule has 9 heavy (non-hydrogen) atoms. The summed E-state index contributed by atoms with van der Waals surface area (Å²) in [5, 5.41) is 4.02. The standard InChI is InChI=1S/C7H5N2/c1-2-6-9-7(3-1)4-5-8-9/h2-6H. The molecule has 0 aromatic carbocycles. The number of fused-ring (bicyclic) bond motifs is 1. The second kappa shape index (κ2) is 1.58. The van der Waals surface area contributed by atoms with Gasteiger partial charge in [-0.3, -0.25) is 0 Å². The van der Waals surface area contributed by atoms with Crippen LogP contribution >= 0.6 is 0 Å². The number of pyridine rings is 1. The fourth-order valence-corrected chi connectivity index (χ4v) is 0.810. The van der Waals surface area contributed by atoms with Crippen LogP contribution in [0.25, 0.3) is 5.52 Å². The van der Waals surface area contributed by atoms with E-state index >= 15 is 0 Å². The van der Waals surface area contributed by atoms with Gasteiger partial charge in [0.1, 0.15) is 0 Å². The van der Waals surface area contributed by atoms with Crippen LogP contribution in [0, 0.1) is 6.07 Å². The van der Waals surface area contributed by atoms with Crippen LogP contribution in [-0.4, -0.2) is 9.61 Å². The maximum atomic E-state index is 4.02. The Morgan fingerprint density at radius 3 is 3.44 bits per heavy atom. The summed E-state index contributed by atoms with van der Waals surface area (Å²) in [6.45, 7) is 0. The predicted octanol–water partition coefficient (Wildman–Crippen LogP) is 1.13. The van der Waals surface area contributed by atoms with Crippen LogP contribution in [0.2, 0.25) is 0 Å². The van der Waals surface area contributed by atoms with E-state index in [-0.39, 0.29) is 0 Å². The van der Waals surface area contributed by atoms with Crippen LogP contribution in [0.4, 0.5) is 0 Å². The molecule has 2 heterocycles. The Morgan fingerprint density at radius 2 is 2.56 bits per heavy atom. The van der Waals surface area contributed by atoms with Gasteiger partial charge in [0.05, 0.1) is 5.52 Å². The minimum absolute atomic E-state index is 1.08. The molecule has 43 valence electrons. The lowest BCUT2D eigenvalue weighted by Gasteiger charge is -1.86. The Bertz CT molecular complexity index is 281. The molecule has 0 aliphatic carbocycles. The van der Waals surface area contributed by atoms with Gasteiger partial charge in [-0.2, -0.15) is 5.10 Å². The minimum atomic E-state index is 1.08. The van der Waals surface area contributed by atoms with Gasteiger partial charge in [0, 0.05) is 12.4 Å². The van der Waals surface area contributed by atoms with Gasteiger partial charge < -0.3 is 0 Å². The molecule has 2 nitrogen and oxygen atoms in total. The van der Waals surface area contributed by atoms with E-state index in [2.05, 4.69) is 11.2 Å². The van der Waals surface area contributed by atoms with Crippen molar-refractivity contribution in [2.24, 2.45) is 0 Å². The first-order valence-electron chi connectivity index (χ1n) is 2.76. The average molecular weight is 117 g/mol. The monoisotopic (exact) mass is 117 g/mol. The van der Waals surface area contributed by atoms with Crippen molar-refractivity contribution in [2.75, 3.05) is 0 Å². The molecule has 0 spiro atoms. The highest BCUT2D eigenvalue weighted by Gasteiger charge is 1.85. The van der Waals surface area contributed by atoms with E-state index in [9.17, 15) is 0 Å². The number of rotatable bonds is 0. The fourth-order valence-electron chi connectivity index (χ4n) is 0.810. The summed E-state index contributed by atoms with van der Waals surface area (Å²) in [6, 6.07) is 8.63. The first kappa shape index (κ1) is 4.56. The molecule has 0 amide bonds. The Morgan fingerprint density at radius 1 is 1.56 bits per heavy atom. The van der Waals surface area contributed by atoms with E-state index in [1.54, 1.807) is 10.7 Å². The molecule has 0 aliphatic rings. The van der Waals surface area contributed by atoms with E-state index in [1.807, 2.05) is 24.4 Å². The van der Waals surface area contributed by atoms with Gasteiger partial charge in [0.15, 0.2) is 0 Å². The number of hydrogen-bond donors (Lipinski definition) is 0. The number of aromatic nitrogens is 2. The molecule has 0 fully saturated rings. The number of nitrogens with zero attached hydrogens (tertiary/aromatic N) is 2. The van der Waals surface area contributed by atoms with Gasteiger partial charge in [-0.1, -0.05) is 0 Å². The second-order valence-electron chi connectivity index (χ2n) is 1.83. The van der Waals surface area contributed by atoms with E-state index < -0.39 is 0 Å². The van der Waals surface area contributed by atoms with E-state index in [4.69, 9.17) is 0 Å². The Kier molecular flexibility index (Phi) is 0.803. The summed E-state index contributed by atoms with van der Waals surface area (Å²) < 4.78 is 1.80. The van der Waals surface area contributed by atoms with Gasteiger partial charge in [-0.05, 0) is 24.3 Å². The third kappa shape index (κ3) is 0.598. The summed E-state index contributed by atoms with van der Waals surface area (Å²) in [4.78, 5) is 0. The summed E-state index contributed by atoms with van der Waals surface area (Å²) in [6.07, 6.45) is 3.64. The fraction of sp³-hybridized carbons (Fsp3) is 0. The zero-order valence-corrected chi connectivity index (χ0v) is 4.78. The van der Waals surface area contributed by atoms with Crippen molar-refractivity contribution in [2.45, 2.75) is 0 Å². The molecule has 2 aromatic rings. The van der Waals surface area contributed by atoms with Crippen molar-refractivity contribution in [3.8, 4) is 0 Å². The van der Waals surface area contributed by atoms with Crippen molar-refractivity contribution in [1.29, 1.82) is 0 Å². The summed E-state index contributed by atoms with van der Waals surface area (Å²) in [7, 11) is 0. The molecule has 2 rings (SSSR count). The molecular formula is C7H5N2. The van der Waals surface area contributed by atoms with Crippen LogP contribution in [-0.2, 0) is 0 Å². The Balaban J connectivity index is 2.95. The highest BCUT2D eigenvalue weighted by atomic mass is 15.2. The summed E-state index contributed by atoms with van der Waals surface area (Å²) >= 11 is 0. The molecule has 0 atom stereocenters. The molecule has 0 N–H and O–H groups in total. The number of hydrogen-bond acceptors (Lipinski definition) is 1. The van der Waals surface area contributed by atoms with Crippen molar-refractivity contribution in [3.05, 3.63) is 36.7 Å². The zero-order valence-electron chi connectivity index (χ0n) is 4.78. The van der Waals surface area contributed by atoms with Crippen LogP contribution in [0.15, 0.2) is 30.6 Å². The van der Waals surface area contributed by atoms with E-state index in [0.29, 0.717) is 0 Å². The van der Waals surface area contributed by atoms with E-state index in [0.717, 1.165) is 5.52 Å². The van der Waals surface area contributed by atoms with Crippen molar-refractivity contribution < 1.29 is 0 Å². The van der Waals surface area contributed by atoms with Gasteiger partial charge in [-0.15, -0.1) is 0 Å². The van der Waals surface area contributed by atoms with Crippen LogP contribution in [0.1, 0.15) is 0 Å². The molecule has 0 bridgehead atoms. The molecule has 0 saturated heterocycles. The Hall–Kier alpha value is -1.31. The highest BCUT2D eigenvalue weighted by Crippen LogP contribution is 1.97. The smallest absolute Gasteiger partial charge is 0.0667 e. The Labute approximate surface area is 52.7 Å². The largest absolute Gasteiger partial charge is 0.241 e. The van der Waals surface area contributed by atoms with Crippen LogP contribution < -0.4 is 0 Å². The van der Waals surface area contributed by atoms with Crippen molar-refractivity contribution in [3.63, 3.8) is 0 Å².